The Morgan fingerprint density at radius 2 is 1.31 bits per heavy atom. The number of rotatable bonds is 5. The van der Waals surface area contributed by atoms with E-state index in [-0.39, 0.29) is 4.90 Å². The highest BCUT2D eigenvalue weighted by Gasteiger charge is 2.20. The van der Waals surface area contributed by atoms with Gasteiger partial charge in [-0.3, -0.25) is 4.72 Å². The zero-order chi connectivity index (χ0) is 20.4. The largest absolute Gasteiger partial charge is 0.263 e. The van der Waals surface area contributed by atoms with E-state index in [1.165, 1.54) is 16.9 Å². The number of hydrogen-bond acceptors (Lipinski definition) is 4. The van der Waals surface area contributed by atoms with E-state index in [9.17, 15) is 8.42 Å². The normalized spacial score (nSPS) is 11.4. The molecule has 0 amide bonds. The molecule has 29 heavy (non-hydrogen) atoms. The van der Waals surface area contributed by atoms with Gasteiger partial charge in [0.2, 0.25) is 0 Å². The van der Waals surface area contributed by atoms with Crippen molar-refractivity contribution in [2.24, 2.45) is 0 Å². The van der Waals surface area contributed by atoms with Gasteiger partial charge in [-0.2, -0.15) is 0 Å². The Kier molecular flexibility index (Phi) is 5.22. The minimum atomic E-state index is -3.70. The lowest BCUT2D eigenvalue weighted by Gasteiger charge is -2.04. The molecule has 1 heterocycles. The number of aryl methyl sites for hydroxylation is 2. The summed E-state index contributed by atoms with van der Waals surface area (Å²) in [5, 5.41) is 0.347. The molecule has 0 aliphatic rings. The highest BCUT2D eigenvalue weighted by molar-refractivity contribution is 7.93. The molecule has 4 nitrogen and oxygen atoms in total. The molecule has 4 aromatic rings. The molecule has 1 aromatic heterocycles. The number of hydrogen-bond donors (Lipinski definition) is 1. The topological polar surface area (TPSA) is 59.1 Å². The lowest BCUT2D eigenvalue weighted by Crippen LogP contribution is -2.12. The van der Waals surface area contributed by atoms with Gasteiger partial charge in [0.25, 0.3) is 10.0 Å². The summed E-state index contributed by atoms with van der Waals surface area (Å²) in [7, 11) is -3.70. The van der Waals surface area contributed by atoms with Gasteiger partial charge in [-0.1, -0.05) is 89.2 Å². The van der Waals surface area contributed by atoms with Crippen LogP contribution in [-0.4, -0.2) is 13.4 Å². The molecule has 4 rings (SSSR count). The van der Waals surface area contributed by atoms with Crippen LogP contribution in [0.5, 0.6) is 0 Å². The summed E-state index contributed by atoms with van der Waals surface area (Å²) in [5.74, 6) is 0. The van der Waals surface area contributed by atoms with E-state index in [4.69, 9.17) is 0 Å². The summed E-state index contributed by atoms with van der Waals surface area (Å²) in [6.07, 6.45) is 0. The third-order valence-electron chi connectivity index (χ3n) is 4.54. The number of thiazole rings is 1. The molecule has 0 aliphatic carbocycles. The van der Waals surface area contributed by atoms with E-state index in [1.54, 1.807) is 30.3 Å². The monoisotopic (exact) mass is 420 g/mol. The van der Waals surface area contributed by atoms with Gasteiger partial charge in [-0.25, -0.2) is 13.4 Å². The fraction of sp³-hybridized carbons (Fsp3) is 0.0870. The SMILES string of the molecule is Cc1ccc(-c2nc(NS(=O)(=O)c3ccccc3)sc2-c2ccc(C)cc2)cc1. The Bertz CT molecular complexity index is 1170. The predicted molar refractivity (Wildman–Crippen MR) is 120 cm³/mol. The zero-order valence-electron chi connectivity index (χ0n) is 16.1. The predicted octanol–water partition coefficient (Wildman–Crippen LogP) is 5.89. The number of anilines is 1. The molecule has 0 atom stereocenters. The highest BCUT2D eigenvalue weighted by atomic mass is 32.2. The maximum atomic E-state index is 12.7. The number of aromatic nitrogens is 1. The first-order valence-corrected chi connectivity index (χ1v) is 11.5. The van der Waals surface area contributed by atoms with Crippen LogP contribution in [0.3, 0.4) is 0 Å². The third-order valence-corrected chi connectivity index (χ3v) is 7.05. The van der Waals surface area contributed by atoms with Crippen LogP contribution in [0, 0.1) is 13.8 Å². The lowest BCUT2D eigenvalue weighted by atomic mass is 10.0. The minimum absolute atomic E-state index is 0.212. The fourth-order valence-electron chi connectivity index (χ4n) is 2.94. The Hall–Kier alpha value is -2.96. The Morgan fingerprint density at radius 3 is 1.90 bits per heavy atom. The van der Waals surface area contributed by atoms with Gasteiger partial charge in [0.1, 0.15) is 0 Å². The van der Waals surface area contributed by atoms with E-state index in [0.29, 0.717) is 5.13 Å². The summed E-state index contributed by atoms with van der Waals surface area (Å²) in [6, 6.07) is 24.6. The molecule has 0 unspecified atom stereocenters. The minimum Gasteiger partial charge on any atom is -0.255 e. The summed E-state index contributed by atoms with van der Waals surface area (Å²) >= 11 is 1.34. The standard InChI is InChI=1S/C23H20N2O2S2/c1-16-8-12-18(13-9-16)21-22(19-14-10-17(2)11-15-19)28-23(24-21)25-29(26,27)20-6-4-3-5-7-20/h3-15H,1-2H3,(H,24,25). The second kappa shape index (κ2) is 7.81. The van der Waals surface area contributed by atoms with Crippen molar-refractivity contribution in [1.82, 2.24) is 4.98 Å². The van der Waals surface area contributed by atoms with Crippen LogP contribution >= 0.6 is 11.3 Å². The number of nitrogens with one attached hydrogen (secondary N) is 1. The Balaban J connectivity index is 1.79. The molecule has 1 N–H and O–H groups in total. The maximum Gasteiger partial charge on any atom is 0.263 e. The van der Waals surface area contributed by atoms with Crippen LogP contribution in [-0.2, 0) is 10.0 Å². The second-order valence-electron chi connectivity index (χ2n) is 6.85. The van der Waals surface area contributed by atoms with Gasteiger partial charge in [0, 0.05) is 5.56 Å². The fourth-order valence-corrected chi connectivity index (χ4v) is 5.19. The average Bonchev–Trinajstić information content (AvgIpc) is 3.13. The van der Waals surface area contributed by atoms with Crippen molar-refractivity contribution in [3.63, 3.8) is 0 Å². The summed E-state index contributed by atoms with van der Waals surface area (Å²) in [6.45, 7) is 4.07. The van der Waals surface area contributed by atoms with Gasteiger partial charge >= 0.3 is 0 Å². The molecule has 0 aliphatic heterocycles. The summed E-state index contributed by atoms with van der Waals surface area (Å²) in [4.78, 5) is 5.79. The summed E-state index contributed by atoms with van der Waals surface area (Å²) in [5.41, 5.74) is 5.05. The molecule has 0 spiro atoms. The van der Waals surface area contributed by atoms with Crippen LogP contribution in [0.4, 0.5) is 5.13 Å². The molecule has 3 aromatic carbocycles. The van der Waals surface area contributed by atoms with Crippen molar-refractivity contribution in [2.75, 3.05) is 4.72 Å². The van der Waals surface area contributed by atoms with E-state index >= 15 is 0 Å². The number of nitrogens with zero attached hydrogens (tertiary/aromatic N) is 1. The van der Waals surface area contributed by atoms with E-state index in [1.807, 2.05) is 62.4 Å². The van der Waals surface area contributed by atoms with Crippen molar-refractivity contribution < 1.29 is 8.42 Å². The van der Waals surface area contributed by atoms with Crippen molar-refractivity contribution in [2.45, 2.75) is 18.7 Å². The van der Waals surface area contributed by atoms with E-state index in [0.717, 1.165) is 27.3 Å². The number of sulfonamides is 1. The highest BCUT2D eigenvalue weighted by Crippen LogP contribution is 2.39. The van der Waals surface area contributed by atoms with Gasteiger partial charge in [0.05, 0.1) is 15.5 Å². The molecule has 0 saturated carbocycles. The molecular weight excluding hydrogens is 400 g/mol. The molecule has 0 fully saturated rings. The number of benzene rings is 3. The molecule has 0 radical (unpaired) electrons. The van der Waals surface area contributed by atoms with Crippen LogP contribution in [0.2, 0.25) is 0 Å². The van der Waals surface area contributed by atoms with Gasteiger partial charge in [-0.15, -0.1) is 0 Å². The van der Waals surface area contributed by atoms with E-state index in [2.05, 4.69) is 9.71 Å². The Labute approximate surface area is 175 Å². The molecular formula is C23H20N2O2S2. The Morgan fingerprint density at radius 1 is 0.759 bits per heavy atom. The van der Waals surface area contributed by atoms with Gasteiger partial charge < -0.3 is 0 Å². The first-order valence-electron chi connectivity index (χ1n) is 9.15. The first kappa shape index (κ1) is 19.4. The quantitative estimate of drug-likeness (QED) is 0.438. The second-order valence-corrected chi connectivity index (χ2v) is 9.53. The van der Waals surface area contributed by atoms with Crippen molar-refractivity contribution in [3.8, 4) is 21.7 Å². The molecule has 146 valence electrons. The average molecular weight is 421 g/mol. The van der Waals surface area contributed by atoms with Crippen LogP contribution in [0.15, 0.2) is 83.8 Å². The smallest absolute Gasteiger partial charge is 0.255 e. The maximum absolute atomic E-state index is 12.7. The van der Waals surface area contributed by atoms with Crippen molar-refractivity contribution in [3.05, 3.63) is 90.0 Å². The molecule has 0 bridgehead atoms. The van der Waals surface area contributed by atoms with Gasteiger partial charge in [0.15, 0.2) is 5.13 Å². The van der Waals surface area contributed by atoms with Crippen LogP contribution in [0.1, 0.15) is 11.1 Å². The molecule has 6 heteroatoms. The lowest BCUT2D eigenvalue weighted by molar-refractivity contribution is 0.601. The summed E-state index contributed by atoms with van der Waals surface area (Å²) < 4.78 is 28.1. The molecule has 0 saturated heterocycles. The van der Waals surface area contributed by atoms with Gasteiger partial charge in [-0.05, 0) is 31.5 Å². The van der Waals surface area contributed by atoms with Crippen molar-refractivity contribution >= 4 is 26.5 Å². The van der Waals surface area contributed by atoms with Crippen LogP contribution < -0.4 is 4.72 Å². The van der Waals surface area contributed by atoms with E-state index < -0.39 is 10.0 Å². The van der Waals surface area contributed by atoms with Crippen molar-refractivity contribution in [1.29, 1.82) is 0 Å². The zero-order valence-corrected chi connectivity index (χ0v) is 17.7. The van der Waals surface area contributed by atoms with Crippen LogP contribution in [0.25, 0.3) is 21.7 Å². The third kappa shape index (κ3) is 4.23. The first-order chi connectivity index (χ1) is 13.9.